The summed E-state index contributed by atoms with van der Waals surface area (Å²) in [6.07, 6.45) is 1.44. The molecule has 0 atom stereocenters. The Kier molecular flexibility index (Phi) is 4.71. The Morgan fingerprint density at radius 1 is 1.12 bits per heavy atom. The standard InChI is InChI=1S/C16H13ClN6O2/c1-10(24)19-15-6-5-12(8-14(15)17)20-16(25)11-3-2-4-13(7-11)23-9-18-21-22-23/h2-9H,1H3,(H,19,24)(H,20,25). The summed E-state index contributed by atoms with van der Waals surface area (Å²) in [5, 5.41) is 16.6. The minimum atomic E-state index is -0.307. The van der Waals surface area contributed by atoms with Crippen molar-refractivity contribution in [1.29, 1.82) is 0 Å². The molecule has 0 aliphatic carbocycles. The highest BCUT2D eigenvalue weighted by molar-refractivity contribution is 6.34. The Labute approximate surface area is 147 Å². The van der Waals surface area contributed by atoms with Crippen molar-refractivity contribution in [3.05, 3.63) is 59.4 Å². The summed E-state index contributed by atoms with van der Waals surface area (Å²) in [6.45, 7) is 1.39. The van der Waals surface area contributed by atoms with E-state index in [2.05, 4.69) is 26.2 Å². The average Bonchev–Trinajstić information content (AvgIpc) is 3.12. The number of rotatable bonds is 4. The first-order chi connectivity index (χ1) is 12.0. The summed E-state index contributed by atoms with van der Waals surface area (Å²) in [5.74, 6) is -0.531. The maximum absolute atomic E-state index is 12.4. The molecule has 0 unspecified atom stereocenters. The van der Waals surface area contributed by atoms with Crippen LogP contribution in [-0.2, 0) is 4.79 Å². The molecule has 1 aromatic heterocycles. The molecule has 0 bridgehead atoms. The zero-order chi connectivity index (χ0) is 17.8. The van der Waals surface area contributed by atoms with Gasteiger partial charge in [-0.05, 0) is 46.8 Å². The zero-order valence-electron chi connectivity index (χ0n) is 13.1. The van der Waals surface area contributed by atoms with Crippen molar-refractivity contribution < 1.29 is 9.59 Å². The van der Waals surface area contributed by atoms with E-state index in [1.807, 2.05) is 0 Å². The van der Waals surface area contributed by atoms with Crippen molar-refractivity contribution in [2.45, 2.75) is 6.92 Å². The fourth-order valence-electron chi connectivity index (χ4n) is 2.16. The maximum Gasteiger partial charge on any atom is 0.255 e. The molecule has 0 aliphatic heterocycles. The summed E-state index contributed by atoms with van der Waals surface area (Å²) in [6, 6.07) is 11.7. The van der Waals surface area contributed by atoms with Crippen molar-refractivity contribution in [3.8, 4) is 5.69 Å². The average molecular weight is 357 g/mol. The van der Waals surface area contributed by atoms with Crippen molar-refractivity contribution in [3.63, 3.8) is 0 Å². The van der Waals surface area contributed by atoms with Gasteiger partial charge in [0.15, 0.2) is 0 Å². The Morgan fingerprint density at radius 3 is 2.64 bits per heavy atom. The van der Waals surface area contributed by atoms with Gasteiger partial charge in [-0.3, -0.25) is 9.59 Å². The van der Waals surface area contributed by atoms with Crippen LogP contribution >= 0.6 is 11.6 Å². The first-order valence-electron chi connectivity index (χ1n) is 7.25. The molecule has 2 N–H and O–H groups in total. The van der Waals surface area contributed by atoms with Crippen molar-refractivity contribution >= 4 is 34.8 Å². The highest BCUT2D eigenvalue weighted by atomic mass is 35.5. The van der Waals surface area contributed by atoms with Crippen LogP contribution in [0.4, 0.5) is 11.4 Å². The first-order valence-corrected chi connectivity index (χ1v) is 7.62. The van der Waals surface area contributed by atoms with Crippen LogP contribution in [0.1, 0.15) is 17.3 Å². The van der Waals surface area contributed by atoms with E-state index < -0.39 is 0 Å². The van der Waals surface area contributed by atoms with Gasteiger partial charge in [-0.1, -0.05) is 17.7 Å². The fourth-order valence-corrected chi connectivity index (χ4v) is 2.38. The predicted octanol–water partition coefficient (Wildman–Crippen LogP) is 2.53. The second-order valence-corrected chi connectivity index (χ2v) is 5.54. The molecule has 0 radical (unpaired) electrons. The van der Waals surface area contributed by atoms with Gasteiger partial charge in [-0.25, -0.2) is 4.68 Å². The van der Waals surface area contributed by atoms with Crippen LogP contribution in [0.3, 0.4) is 0 Å². The van der Waals surface area contributed by atoms with Gasteiger partial charge in [-0.15, -0.1) is 5.10 Å². The van der Waals surface area contributed by atoms with E-state index in [1.54, 1.807) is 42.5 Å². The number of hydrogen-bond donors (Lipinski definition) is 2. The van der Waals surface area contributed by atoms with Gasteiger partial charge in [0.1, 0.15) is 6.33 Å². The molecule has 25 heavy (non-hydrogen) atoms. The minimum absolute atomic E-state index is 0.224. The van der Waals surface area contributed by atoms with E-state index >= 15 is 0 Å². The number of benzene rings is 2. The normalized spacial score (nSPS) is 10.3. The third kappa shape index (κ3) is 3.99. The quantitative estimate of drug-likeness (QED) is 0.747. The molecule has 1 heterocycles. The second kappa shape index (κ2) is 7.10. The van der Waals surface area contributed by atoms with E-state index in [1.165, 1.54) is 17.9 Å². The molecular weight excluding hydrogens is 344 g/mol. The van der Waals surface area contributed by atoms with Crippen molar-refractivity contribution in [2.75, 3.05) is 10.6 Å². The monoisotopic (exact) mass is 356 g/mol. The van der Waals surface area contributed by atoms with E-state index in [9.17, 15) is 9.59 Å². The van der Waals surface area contributed by atoms with Crippen LogP contribution in [0.2, 0.25) is 5.02 Å². The number of nitrogens with one attached hydrogen (secondary N) is 2. The smallest absolute Gasteiger partial charge is 0.255 e. The van der Waals surface area contributed by atoms with Gasteiger partial charge in [-0.2, -0.15) is 0 Å². The van der Waals surface area contributed by atoms with Gasteiger partial charge < -0.3 is 10.6 Å². The topological polar surface area (TPSA) is 102 Å². The number of amides is 2. The Balaban J connectivity index is 1.77. The number of tetrazole rings is 1. The highest BCUT2D eigenvalue weighted by Gasteiger charge is 2.10. The molecule has 8 nitrogen and oxygen atoms in total. The zero-order valence-corrected chi connectivity index (χ0v) is 13.9. The summed E-state index contributed by atoms with van der Waals surface area (Å²) in [4.78, 5) is 23.5. The minimum Gasteiger partial charge on any atom is -0.325 e. The number of anilines is 2. The Morgan fingerprint density at radius 2 is 1.96 bits per heavy atom. The number of carbonyl (C=O) groups is 2. The molecule has 0 fully saturated rings. The molecule has 9 heteroatoms. The number of nitrogens with zero attached hydrogens (tertiary/aromatic N) is 4. The molecule has 0 saturated heterocycles. The number of hydrogen-bond acceptors (Lipinski definition) is 5. The predicted molar refractivity (Wildman–Crippen MR) is 92.9 cm³/mol. The first kappa shape index (κ1) is 16.6. The van der Waals surface area contributed by atoms with Gasteiger partial charge in [0.2, 0.25) is 5.91 Å². The molecule has 126 valence electrons. The van der Waals surface area contributed by atoms with Crippen molar-refractivity contribution in [2.24, 2.45) is 0 Å². The van der Waals surface area contributed by atoms with Gasteiger partial charge in [0, 0.05) is 18.2 Å². The third-order valence-corrected chi connectivity index (χ3v) is 3.57. The molecule has 0 saturated carbocycles. The molecule has 3 aromatic rings. The van der Waals surface area contributed by atoms with Crippen LogP contribution < -0.4 is 10.6 Å². The summed E-state index contributed by atoms with van der Waals surface area (Å²) < 4.78 is 1.45. The summed E-state index contributed by atoms with van der Waals surface area (Å²) in [7, 11) is 0. The van der Waals surface area contributed by atoms with E-state index in [0.717, 1.165) is 0 Å². The van der Waals surface area contributed by atoms with E-state index in [0.29, 0.717) is 27.6 Å². The fraction of sp³-hybridized carbons (Fsp3) is 0.0625. The molecule has 0 spiro atoms. The Hall–Kier alpha value is -3.26. The van der Waals surface area contributed by atoms with Crippen LogP contribution in [0.5, 0.6) is 0 Å². The summed E-state index contributed by atoms with van der Waals surface area (Å²) >= 11 is 6.10. The van der Waals surface area contributed by atoms with E-state index in [-0.39, 0.29) is 11.8 Å². The van der Waals surface area contributed by atoms with Crippen LogP contribution in [0.15, 0.2) is 48.8 Å². The molecule has 0 aliphatic rings. The van der Waals surface area contributed by atoms with Crippen LogP contribution in [-0.4, -0.2) is 32.0 Å². The lowest BCUT2D eigenvalue weighted by Gasteiger charge is -2.09. The highest BCUT2D eigenvalue weighted by Crippen LogP contribution is 2.26. The summed E-state index contributed by atoms with van der Waals surface area (Å²) in [5.41, 5.74) is 2.09. The van der Waals surface area contributed by atoms with Gasteiger partial charge >= 0.3 is 0 Å². The van der Waals surface area contributed by atoms with E-state index in [4.69, 9.17) is 11.6 Å². The lowest BCUT2D eigenvalue weighted by molar-refractivity contribution is -0.114. The largest absolute Gasteiger partial charge is 0.325 e. The van der Waals surface area contributed by atoms with Crippen LogP contribution in [0, 0.1) is 0 Å². The lowest BCUT2D eigenvalue weighted by atomic mass is 10.2. The Bertz CT molecular complexity index is 926. The molecule has 2 aromatic carbocycles. The lowest BCUT2D eigenvalue weighted by Crippen LogP contribution is -2.13. The number of aromatic nitrogens is 4. The van der Waals surface area contributed by atoms with Gasteiger partial charge in [0.05, 0.1) is 16.4 Å². The van der Waals surface area contributed by atoms with Gasteiger partial charge in [0.25, 0.3) is 5.91 Å². The maximum atomic E-state index is 12.4. The second-order valence-electron chi connectivity index (χ2n) is 5.13. The van der Waals surface area contributed by atoms with Crippen molar-refractivity contribution in [1.82, 2.24) is 20.2 Å². The molecule has 2 amide bonds. The number of halogens is 1. The number of carbonyl (C=O) groups excluding carboxylic acids is 2. The third-order valence-electron chi connectivity index (χ3n) is 3.26. The molecular formula is C16H13ClN6O2. The van der Waals surface area contributed by atoms with Crippen LogP contribution in [0.25, 0.3) is 5.69 Å². The SMILES string of the molecule is CC(=O)Nc1ccc(NC(=O)c2cccc(-n3cnnn3)c2)cc1Cl. The molecule has 3 rings (SSSR count).